The number of nitrogens with one attached hydrogen (secondary N) is 1. The van der Waals surface area contributed by atoms with Crippen LogP contribution in [0, 0.1) is 0 Å². The number of esters is 1. The van der Waals surface area contributed by atoms with Gasteiger partial charge in [0, 0.05) is 0 Å². The molecule has 0 atom stereocenters. The van der Waals surface area contributed by atoms with E-state index in [0.717, 1.165) is 0 Å². The topological polar surface area (TPSA) is 115 Å². The molecule has 0 aliphatic heterocycles. The van der Waals surface area contributed by atoms with Gasteiger partial charge in [-0.2, -0.15) is 0 Å². The van der Waals surface area contributed by atoms with Gasteiger partial charge in [0.2, 0.25) is 0 Å². The predicted octanol–water partition coefficient (Wildman–Crippen LogP) is -0.111. The number of nitrogens with zero attached hydrogens (tertiary/aromatic N) is 2. The summed E-state index contributed by atoms with van der Waals surface area (Å²) in [7, 11) is 0. The minimum atomic E-state index is -1.02. The Kier molecular flexibility index (Phi) is 4.77. The molecule has 0 saturated heterocycles. The Bertz CT molecular complexity index is 337. The number of anilines is 1. The van der Waals surface area contributed by atoms with Gasteiger partial charge in [-0.3, -0.25) is 9.59 Å². The van der Waals surface area contributed by atoms with Crippen LogP contribution in [0.25, 0.3) is 0 Å². The molecule has 8 heteroatoms. The van der Waals surface area contributed by atoms with E-state index in [0.29, 0.717) is 12.4 Å². The van der Waals surface area contributed by atoms with Crippen molar-refractivity contribution in [2.24, 2.45) is 0 Å². The van der Waals surface area contributed by atoms with E-state index in [9.17, 15) is 9.59 Å². The molecule has 8 nitrogen and oxygen atoms in total. The first-order valence-electron chi connectivity index (χ1n) is 4.57. The van der Waals surface area contributed by atoms with Gasteiger partial charge in [0.25, 0.3) is 0 Å². The molecule has 0 radical (unpaired) electrons. The highest BCUT2D eigenvalue weighted by molar-refractivity contribution is 5.76. The fourth-order valence-corrected chi connectivity index (χ4v) is 0.868. The SMILES string of the molecule is O=C(O)CCC(=O)OCCNc1cnon1. The van der Waals surface area contributed by atoms with E-state index in [1.54, 1.807) is 0 Å². The fraction of sp³-hybridized carbons (Fsp3) is 0.500. The molecule has 0 bridgehead atoms. The largest absolute Gasteiger partial charge is 0.481 e. The quantitative estimate of drug-likeness (QED) is 0.491. The van der Waals surface area contributed by atoms with E-state index in [-0.39, 0.29) is 19.4 Å². The van der Waals surface area contributed by atoms with Crippen molar-refractivity contribution >= 4 is 17.8 Å². The maximum atomic E-state index is 10.9. The first-order valence-corrected chi connectivity index (χ1v) is 4.57. The third kappa shape index (κ3) is 4.94. The normalized spacial score (nSPS) is 9.75. The average molecular weight is 229 g/mol. The van der Waals surface area contributed by atoms with E-state index >= 15 is 0 Å². The molecule has 2 N–H and O–H groups in total. The van der Waals surface area contributed by atoms with Gasteiger partial charge in [-0.25, -0.2) is 4.63 Å². The van der Waals surface area contributed by atoms with E-state index in [1.165, 1.54) is 6.20 Å². The number of hydrogen-bond donors (Lipinski definition) is 2. The van der Waals surface area contributed by atoms with Crippen molar-refractivity contribution in [3.05, 3.63) is 6.20 Å². The lowest BCUT2D eigenvalue weighted by molar-refractivity contribution is -0.147. The third-order valence-corrected chi connectivity index (χ3v) is 1.58. The van der Waals surface area contributed by atoms with E-state index < -0.39 is 11.9 Å². The third-order valence-electron chi connectivity index (χ3n) is 1.58. The van der Waals surface area contributed by atoms with Crippen LogP contribution in [-0.4, -0.2) is 40.5 Å². The summed E-state index contributed by atoms with van der Waals surface area (Å²) in [6.45, 7) is 0.484. The number of ether oxygens (including phenoxy) is 1. The number of carbonyl (C=O) groups excluding carboxylic acids is 1. The van der Waals surface area contributed by atoms with Crippen LogP contribution in [0.5, 0.6) is 0 Å². The number of carboxylic acid groups (broad SMARTS) is 1. The Labute approximate surface area is 90.5 Å². The molecule has 0 saturated carbocycles. The molecule has 1 aromatic rings. The maximum absolute atomic E-state index is 10.9. The summed E-state index contributed by atoms with van der Waals surface area (Å²) >= 11 is 0. The van der Waals surface area contributed by atoms with E-state index in [2.05, 4.69) is 20.3 Å². The van der Waals surface area contributed by atoms with Gasteiger partial charge in [0.1, 0.15) is 12.8 Å². The molecule has 16 heavy (non-hydrogen) atoms. The number of aromatic nitrogens is 2. The zero-order chi connectivity index (χ0) is 11.8. The lowest BCUT2D eigenvalue weighted by Crippen LogP contribution is -2.14. The summed E-state index contributed by atoms with van der Waals surface area (Å²) in [5.41, 5.74) is 0. The summed E-state index contributed by atoms with van der Waals surface area (Å²) in [5.74, 6) is -1.12. The fourth-order valence-electron chi connectivity index (χ4n) is 0.868. The molecule has 1 aromatic heterocycles. The molecule has 0 amide bonds. The molecule has 0 fully saturated rings. The highest BCUT2D eigenvalue weighted by Gasteiger charge is 2.06. The van der Waals surface area contributed by atoms with Crippen molar-refractivity contribution < 1.29 is 24.1 Å². The number of hydrogen-bond acceptors (Lipinski definition) is 7. The highest BCUT2D eigenvalue weighted by Crippen LogP contribution is 1.97. The second kappa shape index (κ2) is 6.38. The van der Waals surface area contributed by atoms with Crippen LogP contribution in [0.4, 0.5) is 5.82 Å². The minimum absolute atomic E-state index is 0.124. The molecular weight excluding hydrogens is 218 g/mol. The monoisotopic (exact) mass is 229 g/mol. The standard InChI is InChI=1S/C8H11N3O5/c12-7(13)1-2-8(14)15-4-3-9-6-5-10-16-11-6/h5H,1-4H2,(H,9,11)(H,12,13). The van der Waals surface area contributed by atoms with Gasteiger partial charge in [0.15, 0.2) is 5.82 Å². The summed E-state index contributed by atoms with van der Waals surface area (Å²) in [6.07, 6.45) is 1.03. The Morgan fingerprint density at radius 2 is 2.31 bits per heavy atom. The van der Waals surface area contributed by atoms with Crippen LogP contribution in [0.2, 0.25) is 0 Å². The van der Waals surface area contributed by atoms with Crippen LogP contribution in [0.3, 0.4) is 0 Å². The van der Waals surface area contributed by atoms with Crippen LogP contribution in [0.1, 0.15) is 12.8 Å². The zero-order valence-corrected chi connectivity index (χ0v) is 8.38. The molecule has 0 aromatic carbocycles. The second-order valence-electron chi connectivity index (χ2n) is 2.83. The van der Waals surface area contributed by atoms with Gasteiger partial charge >= 0.3 is 11.9 Å². The van der Waals surface area contributed by atoms with Crippen molar-refractivity contribution in [1.82, 2.24) is 10.3 Å². The Morgan fingerprint density at radius 1 is 1.50 bits per heavy atom. The number of carboxylic acids is 1. The van der Waals surface area contributed by atoms with Gasteiger partial charge in [-0.05, 0) is 5.16 Å². The van der Waals surface area contributed by atoms with Gasteiger partial charge in [0.05, 0.1) is 19.4 Å². The summed E-state index contributed by atoms with van der Waals surface area (Å²) in [6, 6.07) is 0. The van der Waals surface area contributed by atoms with Crippen molar-refractivity contribution in [1.29, 1.82) is 0 Å². The highest BCUT2D eigenvalue weighted by atomic mass is 16.6. The summed E-state index contributed by atoms with van der Waals surface area (Å²) in [4.78, 5) is 21.1. The maximum Gasteiger partial charge on any atom is 0.306 e. The van der Waals surface area contributed by atoms with Crippen LogP contribution < -0.4 is 5.32 Å². The first kappa shape index (κ1) is 12.0. The minimum Gasteiger partial charge on any atom is -0.481 e. The average Bonchev–Trinajstić information content (AvgIpc) is 2.74. The van der Waals surface area contributed by atoms with Crippen LogP contribution in [0.15, 0.2) is 10.8 Å². The number of carbonyl (C=O) groups is 2. The number of rotatable bonds is 7. The Balaban J connectivity index is 2.02. The van der Waals surface area contributed by atoms with Crippen LogP contribution in [-0.2, 0) is 14.3 Å². The lowest BCUT2D eigenvalue weighted by atomic mass is 10.3. The molecule has 0 aliphatic carbocycles. The van der Waals surface area contributed by atoms with Gasteiger partial charge < -0.3 is 15.2 Å². The molecule has 88 valence electrons. The molecule has 0 unspecified atom stereocenters. The summed E-state index contributed by atoms with van der Waals surface area (Å²) in [5, 5.41) is 17.9. The molecule has 1 rings (SSSR count). The molecular formula is C8H11N3O5. The lowest BCUT2D eigenvalue weighted by Gasteiger charge is -2.03. The molecule has 0 aliphatic rings. The van der Waals surface area contributed by atoms with Crippen molar-refractivity contribution in [3.8, 4) is 0 Å². The van der Waals surface area contributed by atoms with Gasteiger partial charge in [-0.1, -0.05) is 5.16 Å². The zero-order valence-electron chi connectivity index (χ0n) is 8.38. The second-order valence-corrected chi connectivity index (χ2v) is 2.83. The Morgan fingerprint density at radius 3 is 2.94 bits per heavy atom. The summed E-state index contributed by atoms with van der Waals surface area (Å²) < 4.78 is 9.07. The van der Waals surface area contributed by atoms with Crippen molar-refractivity contribution in [2.45, 2.75) is 12.8 Å². The molecule has 1 heterocycles. The first-order chi connectivity index (χ1) is 7.68. The van der Waals surface area contributed by atoms with Crippen molar-refractivity contribution in [3.63, 3.8) is 0 Å². The van der Waals surface area contributed by atoms with Gasteiger partial charge in [-0.15, -0.1) is 0 Å². The smallest absolute Gasteiger partial charge is 0.306 e. The van der Waals surface area contributed by atoms with Crippen molar-refractivity contribution in [2.75, 3.05) is 18.5 Å². The number of aliphatic carboxylic acids is 1. The Hall–Kier alpha value is -2.12. The predicted molar refractivity (Wildman–Crippen MR) is 50.6 cm³/mol. The van der Waals surface area contributed by atoms with E-state index in [1.807, 2.05) is 0 Å². The van der Waals surface area contributed by atoms with E-state index in [4.69, 9.17) is 9.84 Å². The van der Waals surface area contributed by atoms with Crippen LogP contribution >= 0.6 is 0 Å². The molecule has 0 spiro atoms.